The van der Waals surface area contributed by atoms with Crippen molar-refractivity contribution in [1.29, 1.82) is 0 Å². The Bertz CT molecular complexity index is 1040. The second-order valence-corrected chi connectivity index (χ2v) is 8.42. The van der Waals surface area contributed by atoms with Gasteiger partial charge in [0.05, 0.1) is 37.0 Å². The van der Waals surface area contributed by atoms with Crippen molar-refractivity contribution in [2.75, 3.05) is 49.2 Å². The number of carbonyl (C=O) groups excluding carboxylic acids is 1. The Morgan fingerprint density at radius 2 is 2.07 bits per heavy atom. The predicted octanol–water partition coefficient (Wildman–Crippen LogP) is 1.45. The maximum absolute atomic E-state index is 12.8. The number of sulfonamides is 1. The Morgan fingerprint density at radius 1 is 1.25 bits per heavy atom. The molecule has 4 bridgehead atoms. The van der Waals surface area contributed by atoms with Crippen LogP contribution in [0.4, 0.5) is 17.1 Å². The van der Waals surface area contributed by atoms with E-state index in [4.69, 9.17) is 9.47 Å². The summed E-state index contributed by atoms with van der Waals surface area (Å²) in [7, 11) is -0.704. The zero-order valence-corrected chi connectivity index (χ0v) is 16.3. The fourth-order valence-corrected chi connectivity index (χ4v) is 4.34. The molecular formula is C18H20N4O5S. The Balaban J connectivity index is 1.91. The third-order valence-corrected chi connectivity index (χ3v) is 5.97. The first-order chi connectivity index (χ1) is 13.4. The molecule has 28 heavy (non-hydrogen) atoms. The van der Waals surface area contributed by atoms with Crippen LogP contribution in [0.5, 0.6) is 11.6 Å². The van der Waals surface area contributed by atoms with E-state index < -0.39 is 10.0 Å². The number of anilines is 3. The molecular weight excluding hydrogens is 384 g/mol. The van der Waals surface area contributed by atoms with E-state index in [1.807, 2.05) is 4.90 Å². The number of nitrogens with zero attached hydrogens (tertiary/aromatic N) is 3. The third kappa shape index (κ3) is 3.31. The van der Waals surface area contributed by atoms with E-state index >= 15 is 0 Å². The highest BCUT2D eigenvalue weighted by Crippen LogP contribution is 2.39. The number of hydrogen-bond acceptors (Lipinski definition) is 7. The summed E-state index contributed by atoms with van der Waals surface area (Å²) < 4.78 is 38.5. The molecule has 148 valence electrons. The number of rotatable bonds is 1. The van der Waals surface area contributed by atoms with Crippen molar-refractivity contribution in [3.05, 3.63) is 36.0 Å². The molecule has 1 N–H and O–H groups in total. The maximum atomic E-state index is 12.8. The molecule has 2 aromatic rings. The molecule has 0 aliphatic carbocycles. The van der Waals surface area contributed by atoms with E-state index in [1.165, 1.54) is 12.0 Å². The predicted molar refractivity (Wildman–Crippen MR) is 104 cm³/mol. The standard InChI is InChI=1S/C18H20N4O5S/c1-21-6-8-28(24,25)20-14-10-13(11-19-17(14)26-2)22-5-7-27-16-4-3-12(18(21)23)9-15(16)22/h3-4,9-11,20H,5-8H2,1-2H3. The second-order valence-electron chi connectivity index (χ2n) is 6.58. The average molecular weight is 404 g/mol. The lowest BCUT2D eigenvalue weighted by molar-refractivity contribution is 0.0803. The first kappa shape index (κ1) is 18.4. The first-order valence-corrected chi connectivity index (χ1v) is 10.4. The quantitative estimate of drug-likeness (QED) is 0.768. The van der Waals surface area contributed by atoms with E-state index in [2.05, 4.69) is 9.71 Å². The number of ether oxygens (including phenoxy) is 2. The number of fused-ring (bicyclic) bond motifs is 4. The zero-order chi connectivity index (χ0) is 19.9. The van der Waals surface area contributed by atoms with Crippen LogP contribution in [0.2, 0.25) is 0 Å². The number of hydrogen-bond donors (Lipinski definition) is 1. The summed E-state index contributed by atoms with van der Waals surface area (Å²) in [4.78, 5) is 20.3. The van der Waals surface area contributed by atoms with Crippen LogP contribution in [0, 0.1) is 0 Å². The van der Waals surface area contributed by atoms with Crippen molar-refractivity contribution in [3.63, 3.8) is 0 Å². The van der Waals surface area contributed by atoms with Gasteiger partial charge in [0, 0.05) is 19.2 Å². The van der Waals surface area contributed by atoms with E-state index in [0.717, 1.165) is 5.69 Å². The van der Waals surface area contributed by atoms with Crippen LogP contribution in [0.15, 0.2) is 30.5 Å². The van der Waals surface area contributed by atoms with Crippen molar-refractivity contribution in [2.45, 2.75) is 0 Å². The SMILES string of the molecule is COc1ncc2cc1NS(=O)(=O)CCN(C)C(=O)c1ccc3c(c1)N2CCO3. The van der Waals surface area contributed by atoms with Crippen molar-refractivity contribution in [2.24, 2.45) is 0 Å². The van der Waals surface area contributed by atoms with Crippen molar-refractivity contribution in [1.82, 2.24) is 9.88 Å². The van der Waals surface area contributed by atoms with E-state index in [0.29, 0.717) is 30.2 Å². The third-order valence-electron chi connectivity index (χ3n) is 4.72. The summed E-state index contributed by atoms with van der Waals surface area (Å²) in [5.74, 6) is 0.317. The molecule has 10 heteroatoms. The molecule has 4 rings (SSSR count). The molecule has 0 unspecified atom stereocenters. The van der Waals surface area contributed by atoms with Crippen molar-refractivity contribution >= 4 is 33.0 Å². The average Bonchev–Trinajstić information content (AvgIpc) is 2.70. The van der Waals surface area contributed by atoms with Gasteiger partial charge in [-0.15, -0.1) is 0 Å². The van der Waals surface area contributed by atoms with Crippen LogP contribution in [0.3, 0.4) is 0 Å². The topological polar surface area (TPSA) is 101 Å². The van der Waals surface area contributed by atoms with Gasteiger partial charge in [0.25, 0.3) is 5.91 Å². The summed E-state index contributed by atoms with van der Waals surface area (Å²) in [5.41, 5.74) is 2.10. The summed E-state index contributed by atoms with van der Waals surface area (Å²) >= 11 is 0. The van der Waals surface area contributed by atoms with Crippen LogP contribution in [-0.2, 0) is 10.0 Å². The highest BCUT2D eigenvalue weighted by Gasteiger charge is 2.26. The van der Waals surface area contributed by atoms with Crippen LogP contribution in [-0.4, -0.2) is 63.8 Å². The molecule has 0 spiro atoms. The van der Waals surface area contributed by atoms with Gasteiger partial charge in [0.2, 0.25) is 15.9 Å². The zero-order valence-electron chi connectivity index (χ0n) is 15.5. The number of aromatic nitrogens is 1. The van der Waals surface area contributed by atoms with Crippen molar-refractivity contribution in [3.8, 4) is 11.6 Å². The van der Waals surface area contributed by atoms with Gasteiger partial charge < -0.3 is 19.3 Å². The molecule has 1 aromatic carbocycles. The number of nitrogens with one attached hydrogen (secondary N) is 1. The first-order valence-electron chi connectivity index (χ1n) is 8.72. The van der Waals surface area contributed by atoms with Gasteiger partial charge in [-0.3, -0.25) is 9.52 Å². The fourth-order valence-electron chi connectivity index (χ4n) is 3.24. The largest absolute Gasteiger partial charge is 0.490 e. The minimum absolute atomic E-state index is 0.0426. The maximum Gasteiger partial charge on any atom is 0.253 e. The molecule has 1 amide bonds. The smallest absolute Gasteiger partial charge is 0.253 e. The van der Waals surface area contributed by atoms with Gasteiger partial charge in [-0.25, -0.2) is 13.4 Å². The Morgan fingerprint density at radius 3 is 2.86 bits per heavy atom. The Labute approximate surface area is 162 Å². The molecule has 2 aliphatic rings. The monoisotopic (exact) mass is 404 g/mol. The molecule has 2 aliphatic heterocycles. The summed E-state index contributed by atoms with van der Waals surface area (Å²) in [6.07, 6.45) is 1.60. The van der Waals surface area contributed by atoms with Crippen LogP contribution in [0.1, 0.15) is 10.4 Å². The van der Waals surface area contributed by atoms with E-state index in [1.54, 1.807) is 37.5 Å². The van der Waals surface area contributed by atoms with Crippen molar-refractivity contribution < 1.29 is 22.7 Å². The van der Waals surface area contributed by atoms with Crippen LogP contribution < -0.4 is 19.1 Å². The molecule has 3 heterocycles. The number of pyridine rings is 1. The Hall–Kier alpha value is -3.01. The van der Waals surface area contributed by atoms with Gasteiger partial charge in [0.1, 0.15) is 18.0 Å². The van der Waals surface area contributed by atoms with Gasteiger partial charge in [-0.1, -0.05) is 0 Å². The summed E-state index contributed by atoms with van der Waals surface area (Å²) in [6.45, 7) is 1.02. The molecule has 0 saturated carbocycles. The molecule has 0 saturated heterocycles. The lowest BCUT2D eigenvalue weighted by atomic mass is 10.1. The van der Waals surface area contributed by atoms with Crippen LogP contribution in [0.25, 0.3) is 0 Å². The number of amides is 1. The molecule has 0 radical (unpaired) electrons. The number of benzene rings is 1. The van der Waals surface area contributed by atoms with Crippen LogP contribution >= 0.6 is 0 Å². The number of methoxy groups -OCH3 is 1. The van der Waals surface area contributed by atoms with E-state index in [9.17, 15) is 13.2 Å². The lowest BCUT2D eigenvalue weighted by Crippen LogP contribution is -2.33. The van der Waals surface area contributed by atoms with Gasteiger partial charge in [-0.05, 0) is 24.3 Å². The van der Waals surface area contributed by atoms with Gasteiger partial charge >= 0.3 is 0 Å². The second kappa shape index (κ2) is 6.86. The lowest BCUT2D eigenvalue weighted by Gasteiger charge is -2.31. The highest BCUT2D eigenvalue weighted by molar-refractivity contribution is 7.92. The minimum Gasteiger partial charge on any atom is -0.490 e. The molecule has 9 nitrogen and oxygen atoms in total. The summed E-state index contributed by atoms with van der Waals surface area (Å²) in [5, 5.41) is 0. The van der Waals surface area contributed by atoms with Gasteiger partial charge in [-0.2, -0.15) is 0 Å². The number of carbonyl (C=O) groups is 1. The Kier molecular flexibility index (Phi) is 4.50. The normalized spacial score (nSPS) is 18.1. The molecule has 1 aromatic heterocycles. The summed E-state index contributed by atoms with van der Waals surface area (Å²) in [6, 6.07) is 6.88. The minimum atomic E-state index is -3.71. The van der Waals surface area contributed by atoms with Gasteiger partial charge in [0.15, 0.2) is 0 Å². The molecule has 0 atom stereocenters. The fraction of sp³-hybridized carbons (Fsp3) is 0.333. The molecule has 0 fully saturated rings. The van der Waals surface area contributed by atoms with E-state index in [-0.39, 0.29) is 29.8 Å². The highest BCUT2D eigenvalue weighted by atomic mass is 32.2.